The smallest absolute Gasteiger partial charge is 0.255 e. The van der Waals surface area contributed by atoms with E-state index in [0.29, 0.717) is 52.1 Å². The number of para-hydroxylation sites is 1. The molecule has 1 atom stereocenters. The van der Waals surface area contributed by atoms with Crippen molar-refractivity contribution in [2.24, 2.45) is 0 Å². The number of hydrogen-bond acceptors (Lipinski definition) is 11. The molecule has 1 saturated carbocycles. The summed E-state index contributed by atoms with van der Waals surface area (Å²) in [6, 6.07) is 29.3. The van der Waals surface area contributed by atoms with E-state index in [1.54, 1.807) is 72.8 Å². The number of aromatic nitrogens is 2. The third kappa shape index (κ3) is 11.2. The predicted octanol–water partition coefficient (Wildman–Crippen LogP) is 7.32. The lowest BCUT2D eigenvalue weighted by Gasteiger charge is -2.39. The Hall–Kier alpha value is -6.42. The van der Waals surface area contributed by atoms with Crippen molar-refractivity contribution in [2.75, 3.05) is 67.2 Å². The van der Waals surface area contributed by atoms with E-state index >= 15 is 0 Å². The van der Waals surface area contributed by atoms with Crippen LogP contribution in [0.1, 0.15) is 70.7 Å². The number of hydrogen-bond donors (Lipinski definition) is 5. The molecular weight excluding hydrogens is 835 g/mol. The van der Waals surface area contributed by atoms with Gasteiger partial charge in [-0.15, -0.1) is 0 Å². The molecule has 332 valence electrons. The van der Waals surface area contributed by atoms with Crippen LogP contribution in [0.4, 0.5) is 38.9 Å². The van der Waals surface area contributed by atoms with Crippen molar-refractivity contribution in [3.8, 4) is 0 Å². The Morgan fingerprint density at radius 1 is 0.812 bits per heavy atom. The van der Waals surface area contributed by atoms with Gasteiger partial charge < -0.3 is 31.1 Å². The lowest BCUT2D eigenvalue weighted by atomic mass is 9.90. The van der Waals surface area contributed by atoms with Gasteiger partial charge in [0.05, 0.1) is 22.8 Å². The van der Waals surface area contributed by atoms with Crippen LogP contribution < -0.4 is 31.5 Å². The highest BCUT2D eigenvalue weighted by Gasteiger charge is 2.29. The van der Waals surface area contributed by atoms with Gasteiger partial charge in [0, 0.05) is 86.0 Å². The average molecular weight is 887 g/mol. The number of piperidine rings is 1. The monoisotopic (exact) mass is 886 g/mol. The highest BCUT2D eigenvalue weighted by Crippen LogP contribution is 2.29. The van der Waals surface area contributed by atoms with Crippen LogP contribution in [0, 0.1) is 5.82 Å². The first-order valence-corrected chi connectivity index (χ1v) is 22.2. The minimum Gasteiger partial charge on any atom is -0.369 e. The molecular formula is C48H52ClFN10O4. The van der Waals surface area contributed by atoms with Gasteiger partial charge in [-0.1, -0.05) is 35.9 Å². The Labute approximate surface area is 377 Å². The van der Waals surface area contributed by atoms with Crippen molar-refractivity contribution in [3.05, 3.63) is 131 Å². The van der Waals surface area contributed by atoms with Gasteiger partial charge in [0.1, 0.15) is 0 Å². The summed E-state index contributed by atoms with van der Waals surface area (Å²) in [7, 11) is 2.21. The number of carbonyl (C=O) groups is 4. The van der Waals surface area contributed by atoms with Gasteiger partial charge >= 0.3 is 0 Å². The second kappa shape index (κ2) is 20.4. The van der Waals surface area contributed by atoms with Crippen LogP contribution in [0.3, 0.4) is 0 Å². The number of rotatable bonds is 14. The molecule has 1 aromatic heterocycles. The number of nitrogens with zero attached hydrogens (tertiary/aromatic N) is 5. The van der Waals surface area contributed by atoms with Gasteiger partial charge in [-0.2, -0.15) is 4.98 Å². The Kier molecular flexibility index (Phi) is 14.1. The topological polar surface area (TPSA) is 164 Å². The number of benzene rings is 4. The van der Waals surface area contributed by atoms with Gasteiger partial charge in [0.2, 0.25) is 17.8 Å². The average Bonchev–Trinajstić information content (AvgIpc) is 3.31. The first-order chi connectivity index (χ1) is 31.0. The molecule has 1 aliphatic carbocycles. The molecule has 0 radical (unpaired) electrons. The van der Waals surface area contributed by atoms with Crippen LogP contribution in [-0.4, -0.2) is 102 Å². The van der Waals surface area contributed by atoms with Gasteiger partial charge in [-0.3, -0.25) is 29.4 Å². The fourth-order valence-electron chi connectivity index (χ4n) is 8.52. The second-order valence-electron chi connectivity index (χ2n) is 16.6. The number of carbonyl (C=O) groups excluding carboxylic acids is 4. The summed E-state index contributed by atoms with van der Waals surface area (Å²) in [5, 5.41) is 14.9. The molecule has 16 heteroatoms. The van der Waals surface area contributed by atoms with Crippen LogP contribution in [0.25, 0.3) is 0 Å². The van der Waals surface area contributed by atoms with Crippen molar-refractivity contribution in [1.82, 2.24) is 30.4 Å². The molecule has 4 amide bonds. The molecule has 5 N–H and O–H groups in total. The van der Waals surface area contributed by atoms with E-state index in [-0.39, 0.29) is 47.4 Å². The van der Waals surface area contributed by atoms with E-state index in [2.05, 4.69) is 70.4 Å². The zero-order chi connectivity index (χ0) is 44.6. The lowest BCUT2D eigenvalue weighted by molar-refractivity contribution is -0.134. The molecule has 3 heterocycles. The number of likely N-dealkylation sites (N-methyl/N-ethyl adjacent to an activating group) is 1. The molecule has 3 fully saturated rings. The van der Waals surface area contributed by atoms with Crippen molar-refractivity contribution in [1.29, 1.82) is 0 Å². The highest BCUT2D eigenvalue weighted by molar-refractivity contribution is 6.33. The number of imide groups is 1. The van der Waals surface area contributed by atoms with E-state index in [0.717, 1.165) is 82.4 Å². The normalized spacial score (nSPS) is 19.2. The van der Waals surface area contributed by atoms with E-state index in [1.165, 1.54) is 0 Å². The third-order valence-electron chi connectivity index (χ3n) is 12.4. The SMILES string of the molecule is CN(CCN1CCN(c2ccc(C3CCC(=O)NC3=O)cc2)CC1)C1CCC(NC(=O)c2ccc(Nc3ncc(F)c(Nc4ccc(C(=O)Nc5ccccc5Cl)cc4)n3)cc2)CC1. The Bertz CT molecular complexity index is 2440. The van der Waals surface area contributed by atoms with Crippen LogP contribution in [0.2, 0.25) is 5.02 Å². The summed E-state index contributed by atoms with van der Waals surface area (Å²) >= 11 is 6.16. The second-order valence-corrected chi connectivity index (χ2v) is 17.0. The molecule has 4 aromatic carbocycles. The van der Waals surface area contributed by atoms with E-state index in [1.807, 2.05) is 12.1 Å². The quantitative estimate of drug-likeness (QED) is 0.0710. The Morgan fingerprint density at radius 3 is 2.14 bits per heavy atom. The maximum atomic E-state index is 14.7. The van der Waals surface area contributed by atoms with Gasteiger partial charge in [-0.05, 0) is 118 Å². The lowest BCUT2D eigenvalue weighted by Crippen LogP contribution is -2.49. The summed E-state index contributed by atoms with van der Waals surface area (Å²) in [4.78, 5) is 65.5. The highest BCUT2D eigenvalue weighted by atomic mass is 35.5. The van der Waals surface area contributed by atoms with Crippen LogP contribution in [0.15, 0.2) is 103 Å². The van der Waals surface area contributed by atoms with E-state index in [9.17, 15) is 23.6 Å². The third-order valence-corrected chi connectivity index (χ3v) is 12.7. The largest absolute Gasteiger partial charge is 0.369 e. The van der Waals surface area contributed by atoms with Gasteiger partial charge in [-0.25, -0.2) is 9.37 Å². The first kappa shape index (κ1) is 44.2. The molecule has 3 aliphatic rings. The molecule has 0 bridgehead atoms. The molecule has 14 nitrogen and oxygen atoms in total. The number of halogens is 2. The van der Waals surface area contributed by atoms with E-state index < -0.39 is 5.82 Å². The van der Waals surface area contributed by atoms with Crippen molar-refractivity contribution in [2.45, 2.75) is 56.5 Å². The first-order valence-electron chi connectivity index (χ1n) is 21.8. The summed E-state index contributed by atoms with van der Waals surface area (Å²) in [6.07, 6.45) is 5.89. The minimum absolute atomic E-state index is 0.0491. The summed E-state index contributed by atoms with van der Waals surface area (Å²) in [5.74, 6) is -1.65. The zero-order valence-electron chi connectivity index (χ0n) is 35.7. The summed E-state index contributed by atoms with van der Waals surface area (Å²) in [5.41, 5.74) is 4.71. The molecule has 5 aromatic rings. The molecule has 1 unspecified atom stereocenters. The van der Waals surface area contributed by atoms with Crippen molar-refractivity contribution >= 4 is 69.7 Å². The maximum Gasteiger partial charge on any atom is 0.255 e. The Balaban J connectivity index is 0.736. The number of nitrogens with one attached hydrogen (secondary N) is 5. The number of anilines is 6. The van der Waals surface area contributed by atoms with Crippen molar-refractivity contribution < 1.29 is 23.6 Å². The molecule has 2 saturated heterocycles. The van der Waals surface area contributed by atoms with Crippen LogP contribution >= 0.6 is 11.6 Å². The summed E-state index contributed by atoms with van der Waals surface area (Å²) in [6.45, 7) is 5.87. The fraction of sp³-hybridized carbons (Fsp3) is 0.333. The summed E-state index contributed by atoms with van der Waals surface area (Å²) < 4.78 is 14.7. The van der Waals surface area contributed by atoms with Gasteiger partial charge in [0.25, 0.3) is 11.8 Å². The predicted molar refractivity (Wildman–Crippen MR) is 247 cm³/mol. The Morgan fingerprint density at radius 2 is 1.47 bits per heavy atom. The fourth-order valence-corrected chi connectivity index (χ4v) is 8.70. The maximum absolute atomic E-state index is 14.7. The molecule has 2 aliphatic heterocycles. The number of piperazine rings is 1. The minimum atomic E-state index is -0.653. The van der Waals surface area contributed by atoms with Gasteiger partial charge in [0.15, 0.2) is 11.6 Å². The molecule has 0 spiro atoms. The zero-order valence-corrected chi connectivity index (χ0v) is 36.4. The van der Waals surface area contributed by atoms with Crippen molar-refractivity contribution in [3.63, 3.8) is 0 Å². The molecule has 64 heavy (non-hydrogen) atoms. The standard InChI is InChI=1S/C48H52ClFN10O4/c1-58(24-25-59-26-28-60(29-27-59)38-18-10-31(11-19-38)39-22-23-43(61)56-47(39)64)37-20-16-35(17-21-37)53-45(62)32-8-14-36(15-9-32)54-48-51-30-41(50)44(57-48)52-34-12-6-33(7-13-34)46(63)55-42-5-3-2-4-40(42)49/h2-15,18-19,30,35,37,39H,16-17,20-29H2,1H3,(H,53,62)(H,55,63)(H,56,61,64)(H2,51,52,54,57). The van der Waals surface area contributed by atoms with E-state index in [4.69, 9.17) is 11.6 Å². The molecule has 8 rings (SSSR count). The van der Waals surface area contributed by atoms with Crippen LogP contribution in [0.5, 0.6) is 0 Å². The number of amides is 4. The van der Waals surface area contributed by atoms with Crippen LogP contribution in [-0.2, 0) is 9.59 Å².